The number of rotatable bonds is 3. The highest BCUT2D eigenvalue weighted by atomic mass is 16.2. The maximum Gasteiger partial charge on any atom is 0.334 e. The Morgan fingerprint density at radius 1 is 1.00 bits per heavy atom. The monoisotopic (exact) mass is 247 g/mol. The van der Waals surface area contributed by atoms with Gasteiger partial charge in [0, 0.05) is 13.6 Å². The third kappa shape index (κ3) is 1.98. The molecule has 0 radical (unpaired) electrons. The molecule has 0 aromatic heterocycles. The SMILES string of the molecule is CN1C(=O)C(=O)N(Cc2ccc(CN)cc2)C1=O. The molecular formula is C12H13N3O3. The summed E-state index contributed by atoms with van der Waals surface area (Å²) in [5, 5.41) is 0. The van der Waals surface area contributed by atoms with Gasteiger partial charge >= 0.3 is 17.8 Å². The average Bonchev–Trinajstić information content (AvgIpc) is 2.57. The van der Waals surface area contributed by atoms with Crippen molar-refractivity contribution in [3.63, 3.8) is 0 Å². The molecule has 1 aromatic rings. The first-order chi connectivity index (χ1) is 8.54. The van der Waals surface area contributed by atoms with Crippen LogP contribution in [0.4, 0.5) is 4.79 Å². The number of likely N-dealkylation sites (N-methyl/N-ethyl adjacent to an activating group) is 1. The Balaban J connectivity index is 2.16. The van der Waals surface area contributed by atoms with Gasteiger partial charge in [-0.2, -0.15) is 0 Å². The van der Waals surface area contributed by atoms with Crippen LogP contribution in [0.2, 0.25) is 0 Å². The van der Waals surface area contributed by atoms with Gasteiger partial charge < -0.3 is 5.73 Å². The van der Waals surface area contributed by atoms with Gasteiger partial charge in [0.05, 0.1) is 6.54 Å². The Bertz CT molecular complexity index is 510. The molecule has 1 fully saturated rings. The summed E-state index contributed by atoms with van der Waals surface area (Å²) in [7, 11) is 1.29. The van der Waals surface area contributed by atoms with Crippen molar-refractivity contribution in [3.05, 3.63) is 35.4 Å². The summed E-state index contributed by atoms with van der Waals surface area (Å²) in [6, 6.07) is 6.63. The molecular weight excluding hydrogens is 234 g/mol. The van der Waals surface area contributed by atoms with E-state index in [0.29, 0.717) is 6.54 Å². The van der Waals surface area contributed by atoms with E-state index in [-0.39, 0.29) is 6.54 Å². The zero-order valence-electron chi connectivity index (χ0n) is 9.92. The Hall–Kier alpha value is -2.21. The number of amides is 4. The first-order valence-corrected chi connectivity index (χ1v) is 5.46. The van der Waals surface area contributed by atoms with Crippen molar-refractivity contribution >= 4 is 17.8 Å². The number of hydrogen-bond donors (Lipinski definition) is 1. The van der Waals surface area contributed by atoms with E-state index in [2.05, 4.69) is 0 Å². The normalized spacial score (nSPS) is 15.8. The fourth-order valence-electron chi connectivity index (χ4n) is 1.72. The number of nitrogens with zero attached hydrogens (tertiary/aromatic N) is 2. The van der Waals surface area contributed by atoms with E-state index in [0.717, 1.165) is 20.9 Å². The third-order valence-corrected chi connectivity index (χ3v) is 2.85. The number of urea groups is 1. The average molecular weight is 247 g/mol. The molecule has 6 heteroatoms. The maximum atomic E-state index is 11.6. The first kappa shape index (κ1) is 12.3. The van der Waals surface area contributed by atoms with Gasteiger partial charge in [-0.25, -0.2) is 4.79 Å². The van der Waals surface area contributed by atoms with Gasteiger partial charge in [0.15, 0.2) is 0 Å². The van der Waals surface area contributed by atoms with Gasteiger partial charge in [-0.1, -0.05) is 24.3 Å². The zero-order chi connectivity index (χ0) is 13.3. The van der Waals surface area contributed by atoms with E-state index in [1.807, 2.05) is 12.1 Å². The summed E-state index contributed by atoms with van der Waals surface area (Å²) in [4.78, 5) is 36.3. The standard InChI is InChI=1S/C12H13N3O3/c1-14-10(16)11(17)15(12(14)18)7-9-4-2-8(6-13)3-5-9/h2-5H,6-7,13H2,1H3. The second-order valence-corrected chi connectivity index (χ2v) is 4.06. The van der Waals surface area contributed by atoms with Crippen LogP contribution in [0.5, 0.6) is 0 Å². The van der Waals surface area contributed by atoms with Crippen molar-refractivity contribution in [3.8, 4) is 0 Å². The third-order valence-electron chi connectivity index (χ3n) is 2.85. The molecule has 0 atom stereocenters. The van der Waals surface area contributed by atoms with Gasteiger partial charge in [0.25, 0.3) is 0 Å². The number of hydrogen-bond acceptors (Lipinski definition) is 4. The van der Waals surface area contributed by atoms with E-state index in [9.17, 15) is 14.4 Å². The lowest BCUT2D eigenvalue weighted by Crippen LogP contribution is -2.31. The second-order valence-electron chi connectivity index (χ2n) is 4.06. The molecule has 0 spiro atoms. The Morgan fingerprint density at radius 2 is 1.56 bits per heavy atom. The van der Waals surface area contributed by atoms with E-state index in [1.165, 1.54) is 7.05 Å². The molecule has 1 aromatic carbocycles. The first-order valence-electron chi connectivity index (χ1n) is 5.46. The van der Waals surface area contributed by atoms with Crippen LogP contribution in [0.15, 0.2) is 24.3 Å². The fourth-order valence-corrected chi connectivity index (χ4v) is 1.72. The van der Waals surface area contributed by atoms with Gasteiger partial charge in [0.2, 0.25) is 0 Å². The summed E-state index contributed by atoms with van der Waals surface area (Å²) in [6.07, 6.45) is 0. The van der Waals surface area contributed by atoms with Crippen LogP contribution in [0.1, 0.15) is 11.1 Å². The van der Waals surface area contributed by atoms with Crippen molar-refractivity contribution in [1.29, 1.82) is 0 Å². The van der Waals surface area contributed by atoms with Crippen molar-refractivity contribution in [2.75, 3.05) is 7.05 Å². The van der Waals surface area contributed by atoms with Crippen molar-refractivity contribution in [2.45, 2.75) is 13.1 Å². The highest BCUT2D eigenvalue weighted by molar-refractivity contribution is 6.44. The molecule has 4 amide bonds. The minimum Gasteiger partial charge on any atom is -0.326 e. The molecule has 0 aliphatic carbocycles. The predicted molar refractivity (Wildman–Crippen MR) is 63.0 cm³/mol. The molecule has 1 aliphatic heterocycles. The van der Waals surface area contributed by atoms with Crippen LogP contribution in [0.25, 0.3) is 0 Å². The Labute approximate surface area is 104 Å². The van der Waals surface area contributed by atoms with E-state index in [4.69, 9.17) is 5.73 Å². The van der Waals surface area contributed by atoms with Gasteiger partial charge in [-0.15, -0.1) is 0 Å². The van der Waals surface area contributed by atoms with Gasteiger partial charge in [-0.05, 0) is 11.1 Å². The number of nitrogens with two attached hydrogens (primary N) is 1. The highest BCUT2D eigenvalue weighted by Crippen LogP contribution is 2.14. The largest absolute Gasteiger partial charge is 0.334 e. The molecule has 0 bridgehead atoms. The summed E-state index contributed by atoms with van der Waals surface area (Å²) in [5.41, 5.74) is 7.21. The molecule has 0 unspecified atom stereocenters. The maximum absolute atomic E-state index is 11.6. The zero-order valence-corrected chi connectivity index (χ0v) is 9.92. The summed E-state index contributed by atoms with van der Waals surface area (Å²) in [6.45, 7) is 0.529. The molecule has 1 saturated heterocycles. The second kappa shape index (κ2) is 4.58. The topological polar surface area (TPSA) is 83.7 Å². The van der Waals surface area contributed by atoms with E-state index < -0.39 is 17.8 Å². The van der Waals surface area contributed by atoms with Crippen LogP contribution in [-0.2, 0) is 22.7 Å². The lowest BCUT2D eigenvalue weighted by molar-refractivity contribution is -0.143. The van der Waals surface area contributed by atoms with Crippen LogP contribution in [0.3, 0.4) is 0 Å². The van der Waals surface area contributed by atoms with Crippen LogP contribution in [0, 0.1) is 0 Å². The van der Waals surface area contributed by atoms with Crippen LogP contribution < -0.4 is 5.73 Å². The molecule has 1 heterocycles. The minimum absolute atomic E-state index is 0.0958. The van der Waals surface area contributed by atoms with Crippen molar-refractivity contribution < 1.29 is 14.4 Å². The summed E-state index contributed by atoms with van der Waals surface area (Å²) in [5.74, 6) is -1.58. The smallest absolute Gasteiger partial charge is 0.326 e. The summed E-state index contributed by atoms with van der Waals surface area (Å²) < 4.78 is 0. The van der Waals surface area contributed by atoms with Crippen LogP contribution >= 0.6 is 0 Å². The van der Waals surface area contributed by atoms with E-state index in [1.54, 1.807) is 12.1 Å². The molecule has 2 rings (SSSR count). The number of carbonyl (C=O) groups is 3. The highest BCUT2D eigenvalue weighted by Gasteiger charge is 2.41. The number of imide groups is 2. The Kier molecular flexibility index (Phi) is 3.12. The summed E-state index contributed by atoms with van der Waals surface area (Å²) >= 11 is 0. The number of carbonyl (C=O) groups excluding carboxylic acids is 3. The van der Waals surface area contributed by atoms with Gasteiger partial charge in [0.1, 0.15) is 0 Å². The molecule has 18 heavy (non-hydrogen) atoms. The quantitative estimate of drug-likeness (QED) is 0.605. The van der Waals surface area contributed by atoms with Gasteiger partial charge in [-0.3, -0.25) is 19.4 Å². The Morgan fingerprint density at radius 3 is 2.00 bits per heavy atom. The molecule has 6 nitrogen and oxygen atoms in total. The van der Waals surface area contributed by atoms with Crippen LogP contribution in [-0.4, -0.2) is 34.7 Å². The fraction of sp³-hybridized carbons (Fsp3) is 0.250. The van der Waals surface area contributed by atoms with E-state index >= 15 is 0 Å². The molecule has 0 saturated carbocycles. The van der Waals surface area contributed by atoms with Crippen molar-refractivity contribution in [2.24, 2.45) is 5.73 Å². The van der Waals surface area contributed by atoms with Crippen molar-refractivity contribution in [1.82, 2.24) is 9.80 Å². The molecule has 94 valence electrons. The molecule has 1 aliphatic rings. The number of benzene rings is 1. The minimum atomic E-state index is -0.793. The molecule has 2 N–H and O–H groups in total. The lowest BCUT2D eigenvalue weighted by atomic mass is 10.1. The lowest BCUT2D eigenvalue weighted by Gasteiger charge is -2.12. The predicted octanol–water partition coefficient (Wildman–Crippen LogP) is 0.0659.